The monoisotopic (exact) mass is 241 g/mol. The molecule has 0 amide bonds. The van der Waals surface area contributed by atoms with E-state index in [4.69, 9.17) is 9.47 Å². The lowest BCUT2D eigenvalue weighted by molar-refractivity contribution is 0.174. The predicted octanol–water partition coefficient (Wildman–Crippen LogP) is 3.43. The summed E-state index contributed by atoms with van der Waals surface area (Å²) in [6.45, 7) is 2.41. The van der Waals surface area contributed by atoms with Crippen molar-refractivity contribution in [2.75, 3.05) is 19.2 Å². The molecule has 1 heterocycles. The van der Waals surface area contributed by atoms with Crippen LogP contribution in [-0.2, 0) is 0 Å². The number of anilines is 1. The number of fused-ring (bicyclic) bond motifs is 1. The Morgan fingerprint density at radius 2 is 1.78 bits per heavy atom. The molecule has 3 nitrogen and oxygen atoms in total. The maximum atomic E-state index is 5.41. The van der Waals surface area contributed by atoms with Gasteiger partial charge in [-0.2, -0.15) is 0 Å². The van der Waals surface area contributed by atoms with Crippen molar-refractivity contribution in [1.82, 2.24) is 0 Å². The van der Waals surface area contributed by atoms with Crippen molar-refractivity contribution in [2.24, 2.45) is 0 Å². The van der Waals surface area contributed by atoms with Gasteiger partial charge in [0.1, 0.15) is 0 Å². The number of aryl methyl sites for hydroxylation is 1. The van der Waals surface area contributed by atoms with Gasteiger partial charge in [0.05, 0.1) is 0 Å². The maximum absolute atomic E-state index is 5.41. The van der Waals surface area contributed by atoms with Crippen LogP contribution in [0.2, 0.25) is 0 Å². The van der Waals surface area contributed by atoms with Crippen LogP contribution < -0.4 is 14.8 Å². The molecule has 3 heteroatoms. The van der Waals surface area contributed by atoms with Gasteiger partial charge in [0.15, 0.2) is 11.5 Å². The summed E-state index contributed by atoms with van der Waals surface area (Å²) >= 11 is 0. The van der Waals surface area contributed by atoms with E-state index in [-0.39, 0.29) is 0 Å². The molecule has 92 valence electrons. The molecule has 0 spiro atoms. The minimum atomic E-state index is 0.314. The largest absolute Gasteiger partial charge is 0.454 e. The smallest absolute Gasteiger partial charge is 0.231 e. The van der Waals surface area contributed by atoms with E-state index < -0.39 is 0 Å². The van der Waals surface area contributed by atoms with Gasteiger partial charge >= 0.3 is 0 Å². The molecule has 18 heavy (non-hydrogen) atoms. The zero-order valence-corrected chi connectivity index (χ0v) is 10.5. The van der Waals surface area contributed by atoms with Crippen molar-refractivity contribution in [3.05, 3.63) is 42.0 Å². The number of ether oxygens (including phenoxy) is 2. The van der Waals surface area contributed by atoms with Crippen LogP contribution in [0.1, 0.15) is 5.56 Å². The van der Waals surface area contributed by atoms with Gasteiger partial charge in [-0.1, -0.05) is 12.1 Å². The molecule has 1 aliphatic heterocycles. The van der Waals surface area contributed by atoms with Gasteiger partial charge in [-0.3, -0.25) is 0 Å². The predicted molar refractivity (Wildman–Crippen MR) is 72.3 cm³/mol. The summed E-state index contributed by atoms with van der Waals surface area (Å²) in [6, 6.07) is 12.5. The Balaban J connectivity index is 2.06. The van der Waals surface area contributed by atoms with Gasteiger partial charge in [0.2, 0.25) is 6.79 Å². The molecule has 0 aromatic heterocycles. The van der Waals surface area contributed by atoms with E-state index in [0.29, 0.717) is 6.79 Å². The molecule has 0 atom stereocenters. The SMILES string of the molecule is CNc1cc(C)cc(-c2ccc3c(c2)OCO3)c1. The van der Waals surface area contributed by atoms with Gasteiger partial charge in [-0.15, -0.1) is 0 Å². The lowest BCUT2D eigenvalue weighted by atomic mass is 10.0. The first-order valence-corrected chi connectivity index (χ1v) is 5.96. The highest BCUT2D eigenvalue weighted by Gasteiger charge is 2.14. The first-order chi connectivity index (χ1) is 8.76. The van der Waals surface area contributed by atoms with Gasteiger partial charge in [0.25, 0.3) is 0 Å². The molecule has 2 aromatic rings. The summed E-state index contributed by atoms with van der Waals surface area (Å²) < 4.78 is 10.7. The number of hydrogen-bond acceptors (Lipinski definition) is 3. The second kappa shape index (κ2) is 4.26. The van der Waals surface area contributed by atoms with Crippen molar-refractivity contribution in [3.8, 4) is 22.6 Å². The first-order valence-electron chi connectivity index (χ1n) is 5.96. The lowest BCUT2D eigenvalue weighted by Gasteiger charge is -2.08. The minimum absolute atomic E-state index is 0.314. The molecule has 3 rings (SSSR count). The summed E-state index contributed by atoms with van der Waals surface area (Å²) in [5, 5.41) is 3.17. The standard InChI is InChI=1S/C15H15NO2/c1-10-5-12(7-13(6-10)16-2)11-3-4-14-15(8-11)18-9-17-14/h3-8,16H,9H2,1-2H3. The van der Waals surface area contributed by atoms with E-state index in [9.17, 15) is 0 Å². The van der Waals surface area contributed by atoms with Crippen LogP contribution in [0.5, 0.6) is 11.5 Å². The molecular formula is C15H15NO2. The molecule has 0 unspecified atom stereocenters. The molecule has 2 aromatic carbocycles. The van der Waals surface area contributed by atoms with E-state index in [0.717, 1.165) is 22.7 Å². The fourth-order valence-corrected chi connectivity index (χ4v) is 2.17. The summed E-state index contributed by atoms with van der Waals surface area (Å²) in [6.07, 6.45) is 0. The van der Waals surface area contributed by atoms with Crippen LogP contribution in [0, 0.1) is 6.92 Å². The molecule has 1 aliphatic rings. The lowest BCUT2D eigenvalue weighted by Crippen LogP contribution is -1.92. The van der Waals surface area contributed by atoms with Crippen LogP contribution in [0.3, 0.4) is 0 Å². The van der Waals surface area contributed by atoms with Gasteiger partial charge in [0, 0.05) is 12.7 Å². The molecule has 0 saturated heterocycles. The summed E-state index contributed by atoms with van der Waals surface area (Å²) in [5.74, 6) is 1.64. The van der Waals surface area contributed by atoms with Crippen molar-refractivity contribution >= 4 is 5.69 Å². The fourth-order valence-electron chi connectivity index (χ4n) is 2.17. The highest BCUT2D eigenvalue weighted by molar-refractivity contribution is 5.71. The third-order valence-corrected chi connectivity index (χ3v) is 3.07. The number of rotatable bonds is 2. The maximum Gasteiger partial charge on any atom is 0.231 e. The summed E-state index contributed by atoms with van der Waals surface area (Å²) in [5.41, 5.74) is 4.66. The molecule has 0 aliphatic carbocycles. The Labute approximate surface area is 106 Å². The second-order valence-electron chi connectivity index (χ2n) is 4.41. The van der Waals surface area contributed by atoms with Crippen molar-refractivity contribution in [2.45, 2.75) is 6.92 Å². The Bertz CT molecular complexity index is 593. The quantitative estimate of drug-likeness (QED) is 0.873. The molecule has 1 N–H and O–H groups in total. The van der Waals surface area contributed by atoms with Crippen LogP contribution in [0.15, 0.2) is 36.4 Å². The Hall–Kier alpha value is -2.16. The zero-order chi connectivity index (χ0) is 12.5. The zero-order valence-electron chi connectivity index (χ0n) is 10.5. The highest BCUT2D eigenvalue weighted by atomic mass is 16.7. The van der Waals surface area contributed by atoms with Crippen molar-refractivity contribution in [3.63, 3.8) is 0 Å². The minimum Gasteiger partial charge on any atom is -0.454 e. The molecular weight excluding hydrogens is 226 g/mol. The number of benzene rings is 2. The topological polar surface area (TPSA) is 30.5 Å². The van der Waals surface area contributed by atoms with Crippen LogP contribution >= 0.6 is 0 Å². The summed E-state index contributed by atoms with van der Waals surface area (Å²) in [4.78, 5) is 0. The van der Waals surface area contributed by atoms with Crippen LogP contribution in [0.4, 0.5) is 5.69 Å². The van der Waals surface area contributed by atoms with E-state index >= 15 is 0 Å². The number of nitrogens with one attached hydrogen (secondary N) is 1. The van der Waals surface area contributed by atoms with Crippen molar-refractivity contribution < 1.29 is 9.47 Å². The number of hydrogen-bond donors (Lipinski definition) is 1. The van der Waals surface area contributed by atoms with Gasteiger partial charge < -0.3 is 14.8 Å². The molecule has 0 radical (unpaired) electrons. The normalized spacial score (nSPS) is 12.6. The second-order valence-corrected chi connectivity index (χ2v) is 4.41. The average Bonchev–Trinajstić information content (AvgIpc) is 2.85. The van der Waals surface area contributed by atoms with Crippen molar-refractivity contribution in [1.29, 1.82) is 0 Å². The van der Waals surface area contributed by atoms with E-state index in [1.807, 2.05) is 19.2 Å². The van der Waals surface area contributed by atoms with Gasteiger partial charge in [-0.25, -0.2) is 0 Å². The highest BCUT2D eigenvalue weighted by Crippen LogP contribution is 2.36. The van der Waals surface area contributed by atoms with E-state index in [1.165, 1.54) is 11.1 Å². The van der Waals surface area contributed by atoms with E-state index in [2.05, 4.69) is 36.5 Å². The third-order valence-electron chi connectivity index (χ3n) is 3.07. The molecule has 0 saturated carbocycles. The van der Waals surface area contributed by atoms with Gasteiger partial charge in [-0.05, 0) is 47.9 Å². The molecule has 0 bridgehead atoms. The first kappa shape index (κ1) is 11.0. The van der Waals surface area contributed by atoms with Crippen LogP contribution in [0.25, 0.3) is 11.1 Å². The van der Waals surface area contributed by atoms with Crippen LogP contribution in [-0.4, -0.2) is 13.8 Å². The average molecular weight is 241 g/mol. The fraction of sp³-hybridized carbons (Fsp3) is 0.200. The molecule has 0 fully saturated rings. The van der Waals surface area contributed by atoms with E-state index in [1.54, 1.807) is 0 Å². The Morgan fingerprint density at radius 3 is 2.61 bits per heavy atom. The third kappa shape index (κ3) is 1.88. The Morgan fingerprint density at radius 1 is 0.944 bits per heavy atom. The summed E-state index contributed by atoms with van der Waals surface area (Å²) in [7, 11) is 1.93. The Kier molecular flexibility index (Phi) is 2.59.